The van der Waals surface area contributed by atoms with Gasteiger partial charge in [-0.05, 0) is 42.3 Å². The molecule has 0 saturated carbocycles. The van der Waals surface area contributed by atoms with E-state index in [-0.39, 0.29) is 0 Å². The van der Waals surface area contributed by atoms with Gasteiger partial charge in [-0.15, -0.1) is 5.10 Å². The molecule has 1 saturated heterocycles. The first-order chi connectivity index (χ1) is 19.4. The van der Waals surface area contributed by atoms with E-state index in [0.29, 0.717) is 64.5 Å². The molecule has 0 radical (unpaired) electrons. The van der Waals surface area contributed by atoms with Crippen molar-refractivity contribution in [2.45, 2.75) is 13.5 Å². The highest BCUT2D eigenvalue weighted by molar-refractivity contribution is 6.30. The van der Waals surface area contributed by atoms with Crippen molar-refractivity contribution in [1.82, 2.24) is 19.7 Å². The number of methoxy groups -OCH3 is 1. The van der Waals surface area contributed by atoms with Crippen molar-refractivity contribution in [3.63, 3.8) is 0 Å². The van der Waals surface area contributed by atoms with Crippen LogP contribution in [0.25, 0.3) is 22.3 Å². The molecule has 0 unspecified atom stereocenters. The number of nitrogens with two attached hydrogens (primary N) is 1. The molecule has 0 atom stereocenters. The number of fused-ring (bicyclic) bond motifs is 1. The molecular formula is C30H29ClFN7O. The highest BCUT2D eigenvalue weighted by Crippen LogP contribution is 2.35. The van der Waals surface area contributed by atoms with Crippen LogP contribution in [-0.2, 0) is 6.54 Å². The van der Waals surface area contributed by atoms with Gasteiger partial charge in [-0.3, -0.25) is 0 Å². The Balaban J connectivity index is 1.39. The van der Waals surface area contributed by atoms with E-state index in [1.54, 1.807) is 16.8 Å². The van der Waals surface area contributed by atoms with Gasteiger partial charge >= 0.3 is 0 Å². The number of anilines is 3. The molecule has 0 amide bonds. The second kappa shape index (κ2) is 10.7. The molecule has 0 bridgehead atoms. The van der Waals surface area contributed by atoms with E-state index in [2.05, 4.69) is 16.7 Å². The summed E-state index contributed by atoms with van der Waals surface area (Å²) in [5.41, 5.74) is 11.1. The van der Waals surface area contributed by atoms with Crippen LogP contribution >= 0.6 is 11.6 Å². The maximum absolute atomic E-state index is 15.4. The Morgan fingerprint density at radius 3 is 2.42 bits per heavy atom. The summed E-state index contributed by atoms with van der Waals surface area (Å²) in [7, 11) is 1.51. The van der Waals surface area contributed by atoms with Gasteiger partial charge in [-0.1, -0.05) is 48.0 Å². The van der Waals surface area contributed by atoms with E-state index in [1.807, 2.05) is 48.5 Å². The van der Waals surface area contributed by atoms with Crippen molar-refractivity contribution < 1.29 is 9.13 Å². The lowest BCUT2D eigenvalue weighted by atomic mass is 10.1. The molecule has 1 aliphatic heterocycles. The number of aromatic nitrogens is 4. The van der Waals surface area contributed by atoms with Gasteiger partial charge in [0.2, 0.25) is 5.95 Å². The number of hydrogen-bond donors (Lipinski definition) is 1. The summed E-state index contributed by atoms with van der Waals surface area (Å²) in [6.07, 6.45) is 0. The van der Waals surface area contributed by atoms with Crippen LogP contribution in [0.3, 0.4) is 0 Å². The second-order valence-electron chi connectivity index (χ2n) is 9.85. The maximum Gasteiger partial charge on any atom is 0.228 e. The van der Waals surface area contributed by atoms with Crippen LogP contribution in [-0.4, -0.2) is 53.0 Å². The van der Waals surface area contributed by atoms with Crippen molar-refractivity contribution in [1.29, 1.82) is 0 Å². The highest BCUT2D eigenvalue weighted by atomic mass is 35.5. The van der Waals surface area contributed by atoms with Gasteiger partial charge in [0.25, 0.3) is 0 Å². The summed E-state index contributed by atoms with van der Waals surface area (Å²) in [4.78, 5) is 14.1. The highest BCUT2D eigenvalue weighted by Gasteiger charge is 2.25. The lowest BCUT2D eigenvalue weighted by molar-refractivity contribution is 0.411. The summed E-state index contributed by atoms with van der Waals surface area (Å²) in [5.74, 6) is 0.843. The third-order valence-electron chi connectivity index (χ3n) is 7.31. The van der Waals surface area contributed by atoms with Gasteiger partial charge in [0.15, 0.2) is 5.65 Å². The van der Waals surface area contributed by atoms with Gasteiger partial charge in [0.1, 0.15) is 17.4 Å². The zero-order valence-electron chi connectivity index (χ0n) is 22.3. The minimum Gasteiger partial charge on any atom is -0.497 e. The van der Waals surface area contributed by atoms with Gasteiger partial charge < -0.3 is 20.3 Å². The average Bonchev–Trinajstić information content (AvgIpc) is 3.29. The molecule has 3 aromatic carbocycles. The molecular weight excluding hydrogens is 529 g/mol. The third-order valence-corrected chi connectivity index (χ3v) is 7.54. The fourth-order valence-electron chi connectivity index (χ4n) is 5.14. The van der Waals surface area contributed by atoms with Crippen LogP contribution in [0.5, 0.6) is 5.75 Å². The van der Waals surface area contributed by atoms with Gasteiger partial charge in [-0.2, -0.15) is 4.98 Å². The lowest BCUT2D eigenvalue weighted by Crippen LogP contribution is -2.47. The molecule has 5 aromatic rings. The molecule has 0 spiro atoms. The maximum atomic E-state index is 15.4. The Morgan fingerprint density at radius 2 is 1.70 bits per heavy atom. The predicted octanol–water partition coefficient (Wildman–Crippen LogP) is 5.56. The average molecular weight is 558 g/mol. The summed E-state index contributed by atoms with van der Waals surface area (Å²) < 4.78 is 22.3. The summed E-state index contributed by atoms with van der Waals surface area (Å²) in [5, 5.41) is 5.98. The number of piperazine rings is 1. The predicted molar refractivity (Wildman–Crippen MR) is 158 cm³/mol. The van der Waals surface area contributed by atoms with Crippen LogP contribution in [0.4, 0.5) is 21.8 Å². The monoisotopic (exact) mass is 557 g/mol. The first kappa shape index (κ1) is 25.9. The van der Waals surface area contributed by atoms with Crippen LogP contribution < -0.4 is 20.3 Å². The molecule has 10 heteroatoms. The van der Waals surface area contributed by atoms with Crippen LogP contribution in [0.1, 0.15) is 11.1 Å². The van der Waals surface area contributed by atoms with E-state index < -0.39 is 5.82 Å². The third kappa shape index (κ3) is 4.88. The Labute approximate surface area is 236 Å². The molecule has 8 nitrogen and oxygen atoms in total. The Kier molecular flexibility index (Phi) is 6.89. The molecule has 0 aliphatic carbocycles. The Hall–Kier alpha value is -4.37. The largest absolute Gasteiger partial charge is 0.497 e. The number of halogens is 2. The molecule has 6 rings (SSSR count). The molecule has 204 valence electrons. The fourth-order valence-corrected chi connectivity index (χ4v) is 5.31. The number of ether oxygens (including phenoxy) is 1. The number of nitrogen functional groups attached to an aromatic ring is 1. The van der Waals surface area contributed by atoms with Crippen molar-refractivity contribution in [3.8, 4) is 17.0 Å². The zero-order chi connectivity index (χ0) is 27.8. The first-order valence-electron chi connectivity index (χ1n) is 13.1. The van der Waals surface area contributed by atoms with Crippen LogP contribution in [0.2, 0.25) is 5.02 Å². The summed E-state index contributed by atoms with van der Waals surface area (Å²) >= 11 is 6.27. The van der Waals surface area contributed by atoms with Crippen molar-refractivity contribution >= 4 is 40.1 Å². The minimum absolute atomic E-state index is 0.314. The van der Waals surface area contributed by atoms with Crippen molar-refractivity contribution in [2.24, 2.45) is 0 Å². The Bertz CT molecular complexity index is 1680. The van der Waals surface area contributed by atoms with E-state index in [4.69, 9.17) is 37.1 Å². The Morgan fingerprint density at radius 1 is 0.950 bits per heavy atom. The molecule has 1 aliphatic rings. The normalized spacial score (nSPS) is 13.7. The smallest absolute Gasteiger partial charge is 0.228 e. The summed E-state index contributed by atoms with van der Waals surface area (Å²) in [6.45, 7) is 5.44. The molecule has 2 aromatic heterocycles. The molecule has 3 heterocycles. The standard InChI is InChI=1S/C30H29ClFN7O/c1-19-8-9-21(31)16-25(19)37-12-14-38(15-13-37)30-34-27(23-11-10-22(40-2)17-24(23)32)26-28(33)39(36-29(26)35-30)18-20-6-4-3-5-7-20/h3-11,16-17H,12-15,18,33H2,1-2H3. The van der Waals surface area contributed by atoms with E-state index in [1.165, 1.54) is 18.7 Å². The van der Waals surface area contributed by atoms with Gasteiger partial charge in [-0.25, -0.2) is 14.1 Å². The SMILES string of the molecule is COc1ccc(-c2nc(N3CCN(c4cc(Cl)ccc4C)CC3)nc3nn(Cc4ccccc4)c(N)c23)c(F)c1. The number of hydrogen-bond acceptors (Lipinski definition) is 7. The second-order valence-corrected chi connectivity index (χ2v) is 10.3. The van der Waals surface area contributed by atoms with Crippen molar-refractivity contribution in [3.05, 3.63) is 88.7 Å². The molecule has 2 N–H and O–H groups in total. The minimum atomic E-state index is -0.457. The van der Waals surface area contributed by atoms with E-state index in [0.717, 1.165) is 24.3 Å². The van der Waals surface area contributed by atoms with Crippen molar-refractivity contribution in [2.75, 3.05) is 48.8 Å². The van der Waals surface area contributed by atoms with E-state index >= 15 is 4.39 Å². The first-order valence-corrected chi connectivity index (χ1v) is 13.5. The van der Waals surface area contributed by atoms with Crippen LogP contribution in [0, 0.1) is 12.7 Å². The number of nitrogens with zero attached hydrogens (tertiary/aromatic N) is 6. The summed E-state index contributed by atoms with van der Waals surface area (Å²) in [6, 6.07) is 20.6. The quantitative estimate of drug-likeness (QED) is 0.292. The van der Waals surface area contributed by atoms with Gasteiger partial charge in [0, 0.05) is 48.5 Å². The fraction of sp³-hybridized carbons (Fsp3) is 0.233. The van der Waals surface area contributed by atoms with Gasteiger partial charge in [0.05, 0.1) is 24.7 Å². The lowest BCUT2D eigenvalue weighted by Gasteiger charge is -2.37. The zero-order valence-corrected chi connectivity index (χ0v) is 23.1. The topological polar surface area (TPSA) is 85.3 Å². The molecule has 40 heavy (non-hydrogen) atoms. The van der Waals surface area contributed by atoms with Crippen LogP contribution in [0.15, 0.2) is 66.7 Å². The number of aryl methyl sites for hydroxylation is 1. The number of benzene rings is 3. The molecule has 1 fully saturated rings. The van der Waals surface area contributed by atoms with E-state index in [9.17, 15) is 0 Å². The number of rotatable bonds is 6.